The van der Waals surface area contributed by atoms with Crippen molar-refractivity contribution in [2.75, 3.05) is 6.61 Å². The maximum atomic E-state index is 11.6. The van der Waals surface area contributed by atoms with Crippen molar-refractivity contribution in [2.45, 2.75) is 72.5 Å². The van der Waals surface area contributed by atoms with Crippen LogP contribution in [0.25, 0.3) is 0 Å². The molecule has 0 amide bonds. The van der Waals surface area contributed by atoms with E-state index in [1.54, 1.807) is 0 Å². The number of aliphatic hydroxyl groups is 1. The fourth-order valence-electron chi connectivity index (χ4n) is 5.07. The van der Waals surface area contributed by atoms with Crippen molar-refractivity contribution in [3.05, 3.63) is 11.6 Å². The van der Waals surface area contributed by atoms with Gasteiger partial charge in [0, 0.05) is 25.2 Å². The van der Waals surface area contributed by atoms with Gasteiger partial charge in [-0.2, -0.15) is 0 Å². The van der Waals surface area contributed by atoms with E-state index in [2.05, 4.69) is 13.8 Å². The van der Waals surface area contributed by atoms with Gasteiger partial charge in [-0.05, 0) is 36.8 Å². The first-order valence-electron chi connectivity index (χ1n) is 8.66. The van der Waals surface area contributed by atoms with E-state index < -0.39 is 17.0 Å². The van der Waals surface area contributed by atoms with Gasteiger partial charge in [-0.15, -0.1) is 0 Å². The molecular weight excluding hydrogens is 308 g/mol. The molecule has 0 aliphatic heterocycles. The standard InChI is InChI=1S/C19H30O5/c1-12-10-15(24-14(3)21)16-17(4,5)8-7-9-18(16,6)19(12,22)11-23-13(2)20/h10,15-16,22H,7-9,11H2,1-6H3. The molecule has 0 radical (unpaired) electrons. The highest BCUT2D eigenvalue weighted by atomic mass is 16.5. The van der Waals surface area contributed by atoms with Gasteiger partial charge >= 0.3 is 11.9 Å². The first-order chi connectivity index (χ1) is 10.9. The number of carbonyl (C=O) groups is 2. The third-order valence-electron chi connectivity index (χ3n) is 6.17. The minimum atomic E-state index is -1.25. The fraction of sp³-hybridized carbons (Fsp3) is 0.789. The Kier molecular flexibility index (Phi) is 4.88. The minimum Gasteiger partial charge on any atom is -0.462 e. The lowest BCUT2D eigenvalue weighted by atomic mass is 9.46. The number of hydrogen-bond acceptors (Lipinski definition) is 5. The van der Waals surface area contributed by atoms with Crippen molar-refractivity contribution in [3.63, 3.8) is 0 Å². The van der Waals surface area contributed by atoms with Gasteiger partial charge in [-0.1, -0.05) is 27.2 Å². The van der Waals surface area contributed by atoms with Crippen LogP contribution in [0.15, 0.2) is 11.6 Å². The van der Waals surface area contributed by atoms with Crippen LogP contribution < -0.4 is 0 Å². The third-order valence-corrected chi connectivity index (χ3v) is 6.17. The monoisotopic (exact) mass is 338 g/mol. The van der Waals surface area contributed by atoms with Gasteiger partial charge in [0.25, 0.3) is 0 Å². The number of rotatable bonds is 3. The molecule has 2 aliphatic carbocycles. The summed E-state index contributed by atoms with van der Waals surface area (Å²) in [5, 5.41) is 11.5. The van der Waals surface area contributed by atoms with Crippen LogP contribution in [-0.4, -0.2) is 35.4 Å². The molecule has 5 nitrogen and oxygen atoms in total. The summed E-state index contributed by atoms with van der Waals surface area (Å²) in [4.78, 5) is 22.9. The molecule has 0 aromatic carbocycles. The molecule has 0 aromatic heterocycles. The molecule has 0 heterocycles. The molecule has 2 aliphatic rings. The Hall–Kier alpha value is -1.36. The van der Waals surface area contributed by atoms with Gasteiger partial charge in [0.1, 0.15) is 18.3 Å². The molecule has 0 bridgehead atoms. The zero-order chi connectivity index (χ0) is 18.3. The molecule has 0 aromatic rings. The molecule has 0 saturated heterocycles. The van der Waals surface area contributed by atoms with E-state index in [0.29, 0.717) is 5.57 Å². The summed E-state index contributed by atoms with van der Waals surface area (Å²) < 4.78 is 10.8. The molecule has 1 saturated carbocycles. The second kappa shape index (κ2) is 6.17. The summed E-state index contributed by atoms with van der Waals surface area (Å²) >= 11 is 0. The van der Waals surface area contributed by atoms with Gasteiger partial charge in [-0.25, -0.2) is 0 Å². The lowest BCUT2D eigenvalue weighted by molar-refractivity contribution is -0.202. The number of hydrogen-bond donors (Lipinski definition) is 1. The van der Waals surface area contributed by atoms with E-state index >= 15 is 0 Å². The van der Waals surface area contributed by atoms with Gasteiger partial charge < -0.3 is 14.6 Å². The van der Waals surface area contributed by atoms with E-state index in [4.69, 9.17) is 9.47 Å². The summed E-state index contributed by atoms with van der Waals surface area (Å²) in [6.45, 7) is 10.9. The number of carbonyl (C=O) groups excluding carboxylic acids is 2. The highest BCUT2D eigenvalue weighted by Gasteiger charge is 2.63. The zero-order valence-electron chi connectivity index (χ0n) is 15.6. The maximum Gasteiger partial charge on any atom is 0.303 e. The van der Waals surface area contributed by atoms with Crippen LogP contribution in [0.5, 0.6) is 0 Å². The Balaban J connectivity index is 2.54. The molecule has 1 N–H and O–H groups in total. The van der Waals surface area contributed by atoms with Gasteiger partial charge in [0.05, 0.1) is 0 Å². The molecule has 4 unspecified atom stereocenters. The topological polar surface area (TPSA) is 72.8 Å². The van der Waals surface area contributed by atoms with Crippen LogP contribution in [0.1, 0.15) is 60.8 Å². The molecular formula is C19H30O5. The molecule has 24 heavy (non-hydrogen) atoms. The van der Waals surface area contributed by atoms with E-state index in [1.807, 2.05) is 19.9 Å². The highest BCUT2D eigenvalue weighted by Crippen LogP contribution is 2.61. The predicted molar refractivity (Wildman–Crippen MR) is 90.1 cm³/mol. The van der Waals surface area contributed by atoms with E-state index in [1.165, 1.54) is 13.8 Å². The van der Waals surface area contributed by atoms with Crippen molar-refractivity contribution in [2.24, 2.45) is 16.7 Å². The van der Waals surface area contributed by atoms with Crippen LogP contribution in [-0.2, 0) is 19.1 Å². The summed E-state index contributed by atoms with van der Waals surface area (Å²) in [7, 11) is 0. The van der Waals surface area contributed by atoms with Crippen molar-refractivity contribution < 1.29 is 24.2 Å². The van der Waals surface area contributed by atoms with Crippen molar-refractivity contribution in [1.29, 1.82) is 0 Å². The smallest absolute Gasteiger partial charge is 0.303 e. The summed E-state index contributed by atoms with van der Waals surface area (Å²) in [6, 6.07) is 0. The normalized spacial score (nSPS) is 37.9. The molecule has 5 heteroatoms. The molecule has 1 fully saturated rings. The summed E-state index contributed by atoms with van der Waals surface area (Å²) in [6.07, 6.45) is 4.23. The van der Waals surface area contributed by atoms with Crippen LogP contribution in [0.2, 0.25) is 0 Å². The van der Waals surface area contributed by atoms with Crippen LogP contribution in [0.4, 0.5) is 0 Å². The summed E-state index contributed by atoms with van der Waals surface area (Å²) in [5.74, 6) is -0.779. The second-order valence-corrected chi connectivity index (χ2v) is 8.30. The van der Waals surface area contributed by atoms with E-state index in [0.717, 1.165) is 19.3 Å². The highest BCUT2D eigenvalue weighted by molar-refractivity contribution is 5.67. The second-order valence-electron chi connectivity index (χ2n) is 8.30. The minimum absolute atomic E-state index is 0.0492. The average molecular weight is 338 g/mol. The largest absolute Gasteiger partial charge is 0.462 e. The Morgan fingerprint density at radius 3 is 2.38 bits per heavy atom. The Morgan fingerprint density at radius 1 is 1.21 bits per heavy atom. The van der Waals surface area contributed by atoms with Crippen molar-refractivity contribution in [1.82, 2.24) is 0 Å². The predicted octanol–water partition coefficient (Wildman–Crippen LogP) is 3.00. The van der Waals surface area contributed by atoms with Crippen molar-refractivity contribution in [3.8, 4) is 0 Å². The maximum absolute atomic E-state index is 11.6. The van der Waals surface area contributed by atoms with Gasteiger partial charge in [0.2, 0.25) is 0 Å². The Morgan fingerprint density at radius 2 is 1.83 bits per heavy atom. The number of fused-ring (bicyclic) bond motifs is 1. The lowest BCUT2D eigenvalue weighted by Crippen LogP contribution is -2.64. The zero-order valence-corrected chi connectivity index (χ0v) is 15.6. The first-order valence-corrected chi connectivity index (χ1v) is 8.66. The Labute approximate surface area is 144 Å². The molecule has 0 spiro atoms. The van der Waals surface area contributed by atoms with Crippen LogP contribution in [0.3, 0.4) is 0 Å². The van der Waals surface area contributed by atoms with Crippen LogP contribution in [0, 0.1) is 16.7 Å². The third kappa shape index (κ3) is 2.99. The number of ether oxygens (including phenoxy) is 2. The van der Waals surface area contributed by atoms with E-state index in [9.17, 15) is 14.7 Å². The molecule has 136 valence electrons. The lowest BCUT2D eigenvalue weighted by Gasteiger charge is -2.61. The van der Waals surface area contributed by atoms with E-state index in [-0.39, 0.29) is 30.0 Å². The van der Waals surface area contributed by atoms with Gasteiger partial charge in [-0.3, -0.25) is 9.59 Å². The SMILES string of the molecule is CC(=O)OCC1(O)C(C)=CC(OC(C)=O)C2C(C)(C)CCCC21C. The molecule has 2 rings (SSSR count). The summed E-state index contributed by atoms with van der Waals surface area (Å²) in [5.41, 5.74) is -1.19. The van der Waals surface area contributed by atoms with Crippen LogP contribution >= 0.6 is 0 Å². The molecule has 4 atom stereocenters. The number of esters is 2. The average Bonchev–Trinajstić information content (AvgIpc) is 2.41. The first kappa shape index (κ1) is 19.0. The van der Waals surface area contributed by atoms with Crippen molar-refractivity contribution >= 4 is 11.9 Å². The van der Waals surface area contributed by atoms with Gasteiger partial charge in [0.15, 0.2) is 0 Å². The quantitative estimate of drug-likeness (QED) is 0.632. The fourth-order valence-corrected chi connectivity index (χ4v) is 5.07. The Bertz CT molecular complexity index is 564.